The number of para-hydroxylation sites is 1. The smallest absolute Gasteiger partial charge is 0.193 e. The van der Waals surface area contributed by atoms with Crippen LogP contribution in [0.3, 0.4) is 0 Å². The molecule has 23 heavy (non-hydrogen) atoms. The van der Waals surface area contributed by atoms with E-state index in [2.05, 4.69) is 42.4 Å². The lowest BCUT2D eigenvalue weighted by Gasteiger charge is -2.15. The number of nitrogens with two attached hydrogens (primary N) is 1. The average Bonchev–Trinajstić information content (AvgIpc) is 3.08. The molecular weight excluding hydrogens is 290 g/mol. The first-order valence-electron chi connectivity index (χ1n) is 8.61. The normalized spacial score (nSPS) is 18.3. The second-order valence-corrected chi connectivity index (χ2v) is 5.76. The number of aryl methyl sites for hydroxylation is 2. The Balaban J connectivity index is 1.80. The van der Waals surface area contributed by atoms with Crippen molar-refractivity contribution in [2.24, 2.45) is 10.7 Å². The van der Waals surface area contributed by atoms with Gasteiger partial charge in [-0.1, -0.05) is 32.0 Å². The van der Waals surface area contributed by atoms with Gasteiger partial charge in [0.25, 0.3) is 0 Å². The molecule has 0 bridgehead atoms. The Morgan fingerprint density at radius 1 is 1.35 bits per heavy atom. The van der Waals surface area contributed by atoms with Gasteiger partial charge in [0.1, 0.15) is 0 Å². The largest absolute Gasteiger partial charge is 0.377 e. The Labute approximate surface area is 139 Å². The van der Waals surface area contributed by atoms with Crippen LogP contribution in [-0.2, 0) is 22.3 Å². The summed E-state index contributed by atoms with van der Waals surface area (Å²) in [6.45, 7) is 6.93. The van der Waals surface area contributed by atoms with Crippen molar-refractivity contribution in [3.63, 3.8) is 0 Å². The van der Waals surface area contributed by atoms with E-state index >= 15 is 0 Å². The highest BCUT2D eigenvalue weighted by atomic mass is 16.5. The molecule has 1 fully saturated rings. The van der Waals surface area contributed by atoms with Gasteiger partial charge in [0.2, 0.25) is 0 Å². The zero-order chi connectivity index (χ0) is 16.5. The van der Waals surface area contributed by atoms with E-state index in [1.807, 2.05) is 0 Å². The Kier molecular flexibility index (Phi) is 7.36. The summed E-state index contributed by atoms with van der Waals surface area (Å²) in [5, 5.41) is 3.26. The van der Waals surface area contributed by atoms with E-state index < -0.39 is 0 Å². The summed E-state index contributed by atoms with van der Waals surface area (Å²) in [7, 11) is 0. The van der Waals surface area contributed by atoms with Crippen molar-refractivity contribution in [2.45, 2.75) is 45.6 Å². The molecule has 1 aromatic rings. The van der Waals surface area contributed by atoms with Gasteiger partial charge in [0.15, 0.2) is 5.96 Å². The summed E-state index contributed by atoms with van der Waals surface area (Å²) in [4.78, 5) is 4.35. The quantitative estimate of drug-likeness (QED) is 0.439. The van der Waals surface area contributed by atoms with E-state index in [1.165, 1.54) is 11.1 Å². The highest BCUT2D eigenvalue weighted by Crippen LogP contribution is 2.22. The maximum absolute atomic E-state index is 6.02. The van der Waals surface area contributed by atoms with Gasteiger partial charge in [0, 0.05) is 12.3 Å². The second-order valence-electron chi connectivity index (χ2n) is 5.76. The van der Waals surface area contributed by atoms with E-state index in [-0.39, 0.29) is 6.10 Å². The van der Waals surface area contributed by atoms with Crippen LogP contribution < -0.4 is 11.1 Å². The highest BCUT2D eigenvalue weighted by Gasteiger charge is 2.14. The van der Waals surface area contributed by atoms with Crippen molar-refractivity contribution < 1.29 is 9.47 Å². The minimum atomic E-state index is 0.262. The van der Waals surface area contributed by atoms with Crippen LogP contribution in [-0.4, -0.2) is 38.4 Å². The van der Waals surface area contributed by atoms with Gasteiger partial charge >= 0.3 is 0 Å². The van der Waals surface area contributed by atoms with Crippen LogP contribution in [0.5, 0.6) is 0 Å². The van der Waals surface area contributed by atoms with Crippen LogP contribution in [0, 0.1) is 0 Å². The lowest BCUT2D eigenvalue weighted by atomic mass is 10.0. The fourth-order valence-electron chi connectivity index (χ4n) is 2.79. The van der Waals surface area contributed by atoms with Crippen LogP contribution in [0.2, 0.25) is 0 Å². The zero-order valence-electron chi connectivity index (χ0n) is 14.3. The van der Waals surface area contributed by atoms with Crippen molar-refractivity contribution in [1.82, 2.24) is 0 Å². The molecule has 3 N–H and O–H groups in total. The molecule has 0 radical (unpaired) electrons. The first-order chi connectivity index (χ1) is 11.2. The number of nitrogens with zero attached hydrogens (tertiary/aromatic N) is 1. The molecule has 5 nitrogen and oxygen atoms in total. The standard InChI is InChI=1S/C18H29N3O2/c1-3-14-7-5-8-15(4-2)17(14)21-18(19)20-10-12-22-13-16-9-6-11-23-16/h5,7-8,16H,3-4,6,9-13H2,1-2H3,(H3,19,20,21). The van der Waals surface area contributed by atoms with E-state index in [0.717, 1.165) is 38.0 Å². The molecular formula is C18H29N3O2. The van der Waals surface area contributed by atoms with E-state index in [0.29, 0.717) is 25.7 Å². The minimum Gasteiger partial charge on any atom is -0.377 e. The lowest BCUT2D eigenvalue weighted by molar-refractivity contribution is 0.0200. The number of hydrogen-bond donors (Lipinski definition) is 2. The number of ether oxygens (including phenoxy) is 2. The number of guanidine groups is 1. The van der Waals surface area contributed by atoms with Crippen molar-refractivity contribution in [1.29, 1.82) is 0 Å². The fraction of sp³-hybridized carbons (Fsp3) is 0.611. The summed E-state index contributed by atoms with van der Waals surface area (Å²) < 4.78 is 11.1. The van der Waals surface area contributed by atoms with Gasteiger partial charge in [-0.3, -0.25) is 4.99 Å². The average molecular weight is 319 g/mol. The van der Waals surface area contributed by atoms with Crippen molar-refractivity contribution in [3.05, 3.63) is 29.3 Å². The van der Waals surface area contributed by atoms with Crippen LogP contribution in [0.1, 0.15) is 37.8 Å². The molecule has 2 rings (SSSR count). The summed E-state index contributed by atoms with van der Waals surface area (Å²) in [6, 6.07) is 6.34. The van der Waals surface area contributed by atoms with Crippen LogP contribution in [0.4, 0.5) is 5.69 Å². The molecule has 1 aliphatic heterocycles. The fourth-order valence-corrected chi connectivity index (χ4v) is 2.79. The minimum absolute atomic E-state index is 0.262. The lowest BCUT2D eigenvalue weighted by Crippen LogP contribution is -2.25. The predicted molar refractivity (Wildman–Crippen MR) is 95.1 cm³/mol. The van der Waals surface area contributed by atoms with Crippen LogP contribution in [0.25, 0.3) is 0 Å². The third kappa shape index (κ3) is 5.52. The number of benzene rings is 1. The molecule has 0 saturated carbocycles. The molecule has 1 atom stereocenters. The molecule has 0 amide bonds. The second kappa shape index (κ2) is 9.53. The maximum Gasteiger partial charge on any atom is 0.193 e. The number of rotatable bonds is 8. The molecule has 0 aromatic heterocycles. The van der Waals surface area contributed by atoms with Gasteiger partial charge in [0.05, 0.1) is 25.9 Å². The SMILES string of the molecule is CCc1cccc(CC)c1NC(N)=NCCOCC1CCCO1. The molecule has 1 saturated heterocycles. The first-order valence-corrected chi connectivity index (χ1v) is 8.61. The van der Waals surface area contributed by atoms with E-state index in [4.69, 9.17) is 15.2 Å². The molecule has 1 aliphatic rings. The zero-order valence-corrected chi connectivity index (χ0v) is 14.3. The first kappa shape index (κ1) is 17.8. The molecule has 1 heterocycles. The van der Waals surface area contributed by atoms with E-state index in [1.54, 1.807) is 0 Å². The van der Waals surface area contributed by atoms with Gasteiger partial charge in [-0.25, -0.2) is 0 Å². The Hall–Kier alpha value is -1.59. The maximum atomic E-state index is 6.02. The van der Waals surface area contributed by atoms with Gasteiger partial charge in [-0.2, -0.15) is 0 Å². The summed E-state index contributed by atoms with van der Waals surface area (Å²) >= 11 is 0. The van der Waals surface area contributed by atoms with Gasteiger partial charge < -0.3 is 20.5 Å². The van der Waals surface area contributed by atoms with Gasteiger partial charge in [-0.05, 0) is 36.8 Å². The van der Waals surface area contributed by atoms with Crippen molar-refractivity contribution in [3.8, 4) is 0 Å². The summed E-state index contributed by atoms with van der Waals surface area (Å²) in [5.41, 5.74) is 9.63. The van der Waals surface area contributed by atoms with Crippen molar-refractivity contribution in [2.75, 3.05) is 31.7 Å². The number of aliphatic imine (C=N–C) groups is 1. The number of hydrogen-bond acceptors (Lipinski definition) is 3. The molecule has 5 heteroatoms. The van der Waals surface area contributed by atoms with Crippen LogP contribution >= 0.6 is 0 Å². The topological polar surface area (TPSA) is 68.9 Å². The number of nitrogens with one attached hydrogen (secondary N) is 1. The third-order valence-electron chi connectivity index (χ3n) is 4.10. The predicted octanol–water partition coefficient (Wildman–Crippen LogP) is 2.73. The van der Waals surface area contributed by atoms with Crippen LogP contribution in [0.15, 0.2) is 23.2 Å². The van der Waals surface area contributed by atoms with Gasteiger partial charge in [-0.15, -0.1) is 0 Å². The summed E-state index contributed by atoms with van der Waals surface area (Å²) in [6.07, 6.45) is 4.43. The third-order valence-corrected chi connectivity index (χ3v) is 4.10. The van der Waals surface area contributed by atoms with Crippen molar-refractivity contribution >= 4 is 11.6 Å². The molecule has 0 spiro atoms. The Bertz CT molecular complexity index is 489. The molecule has 1 aromatic carbocycles. The highest BCUT2D eigenvalue weighted by molar-refractivity contribution is 5.93. The molecule has 1 unspecified atom stereocenters. The Morgan fingerprint density at radius 2 is 2.09 bits per heavy atom. The number of anilines is 1. The Morgan fingerprint density at radius 3 is 2.70 bits per heavy atom. The molecule has 0 aliphatic carbocycles. The summed E-state index contributed by atoms with van der Waals surface area (Å²) in [5.74, 6) is 0.446. The molecule has 128 valence electrons. The van der Waals surface area contributed by atoms with E-state index in [9.17, 15) is 0 Å². The monoisotopic (exact) mass is 319 g/mol.